The van der Waals surface area contributed by atoms with Gasteiger partial charge in [-0.1, -0.05) is 20.8 Å². The lowest BCUT2D eigenvalue weighted by atomic mass is 9.69. The van der Waals surface area contributed by atoms with Gasteiger partial charge in [-0.05, 0) is 55.3 Å². The van der Waals surface area contributed by atoms with Gasteiger partial charge in [-0.3, -0.25) is 4.79 Å². The predicted molar refractivity (Wildman–Crippen MR) is 85.2 cm³/mol. The molecular weight excluding hydrogens is 260 g/mol. The molecule has 2 aliphatic carbocycles. The SMILES string of the molecule is CC1(C)[C@@H]2CC[C@]1(C)[C@H](NC(=O)CC[NH+]1CCCCC1)C2. The highest BCUT2D eigenvalue weighted by atomic mass is 16.1. The Morgan fingerprint density at radius 1 is 1.19 bits per heavy atom. The third kappa shape index (κ3) is 2.62. The summed E-state index contributed by atoms with van der Waals surface area (Å²) in [5.74, 6) is 1.10. The third-order valence-corrected chi connectivity index (χ3v) is 7.40. The van der Waals surface area contributed by atoms with E-state index in [0.29, 0.717) is 29.2 Å². The lowest BCUT2D eigenvalue weighted by Crippen LogP contribution is -3.12. The van der Waals surface area contributed by atoms with Crippen molar-refractivity contribution in [3.63, 3.8) is 0 Å². The monoisotopic (exact) mass is 293 g/mol. The topological polar surface area (TPSA) is 33.5 Å². The molecule has 3 fully saturated rings. The summed E-state index contributed by atoms with van der Waals surface area (Å²) in [6.45, 7) is 10.8. The van der Waals surface area contributed by atoms with Gasteiger partial charge in [0, 0.05) is 6.04 Å². The van der Waals surface area contributed by atoms with Crippen LogP contribution < -0.4 is 10.2 Å². The minimum atomic E-state index is 0.294. The number of nitrogens with one attached hydrogen (secondary N) is 2. The number of fused-ring (bicyclic) bond motifs is 2. The second kappa shape index (κ2) is 5.57. The van der Waals surface area contributed by atoms with E-state index in [9.17, 15) is 4.79 Å². The van der Waals surface area contributed by atoms with E-state index in [1.165, 1.54) is 51.6 Å². The number of carbonyl (C=O) groups is 1. The quantitative estimate of drug-likeness (QED) is 0.814. The van der Waals surface area contributed by atoms with Crippen LogP contribution >= 0.6 is 0 Å². The zero-order chi connectivity index (χ0) is 15.1. The molecule has 3 atom stereocenters. The van der Waals surface area contributed by atoms with Crippen molar-refractivity contribution in [3.8, 4) is 0 Å². The maximum absolute atomic E-state index is 12.3. The van der Waals surface area contributed by atoms with Gasteiger partial charge in [0.2, 0.25) is 5.91 Å². The van der Waals surface area contributed by atoms with Gasteiger partial charge >= 0.3 is 0 Å². The van der Waals surface area contributed by atoms with E-state index in [2.05, 4.69) is 26.1 Å². The molecule has 3 rings (SSSR count). The molecule has 21 heavy (non-hydrogen) atoms. The fourth-order valence-corrected chi connectivity index (χ4v) is 5.28. The molecule has 2 saturated carbocycles. The number of quaternary nitrogens is 1. The lowest BCUT2D eigenvalue weighted by molar-refractivity contribution is -0.904. The summed E-state index contributed by atoms with van der Waals surface area (Å²) < 4.78 is 0. The zero-order valence-corrected chi connectivity index (χ0v) is 14.1. The second-order valence-electron chi connectivity index (χ2n) is 8.54. The van der Waals surface area contributed by atoms with Gasteiger partial charge < -0.3 is 10.2 Å². The Morgan fingerprint density at radius 3 is 2.48 bits per heavy atom. The van der Waals surface area contributed by atoms with Gasteiger partial charge in [0.05, 0.1) is 26.1 Å². The summed E-state index contributed by atoms with van der Waals surface area (Å²) in [4.78, 5) is 14.0. The van der Waals surface area contributed by atoms with Crippen LogP contribution in [0.1, 0.15) is 65.7 Å². The van der Waals surface area contributed by atoms with Gasteiger partial charge in [-0.2, -0.15) is 0 Å². The first-order valence-electron chi connectivity index (χ1n) is 9.06. The van der Waals surface area contributed by atoms with E-state index < -0.39 is 0 Å². The van der Waals surface area contributed by atoms with Crippen LogP contribution in [-0.2, 0) is 4.79 Å². The van der Waals surface area contributed by atoms with Gasteiger partial charge in [-0.15, -0.1) is 0 Å². The molecule has 0 spiro atoms. The first kappa shape index (κ1) is 15.3. The maximum Gasteiger partial charge on any atom is 0.225 e. The third-order valence-electron chi connectivity index (χ3n) is 7.40. The van der Waals surface area contributed by atoms with Gasteiger partial charge in [0.15, 0.2) is 0 Å². The molecule has 1 heterocycles. The van der Waals surface area contributed by atoms with Crippen LogP contribution in [-0.4, -0.2) is 31.6 Å². The van der Waals surface area contributed by atoms with Crippen LogP contribution in [0.25, 0.3) is 0 Å². The van der Waals surface area contributed by atoms with Crippen LogP contribution in [0.2, 0.25) is 0 Å². The second-order valence-corrected chi connectivity index (χ2v) is 8.54. The fourth-order valence-electron chi connectivity index (χ4n) is 5.28. The summed E-state index contributed by atoms with van der Waals surface area (Å²) >= 11 is 0. The maximum atomic E-state index is 12.3. The van der Waals surface area contributed by atoms with Crippen molar-refractivity contribution in [1.29, 1.82) is 0 Å². The number of hydrogen-bond donors (Lipinski definition) is 2. The van der Waals surface area contributed by atoms with Gasteiger partial charge in [-0.25, -0.2) is 0 Å². The number of hydrogen-bond acceptors (Lipinski definition) is 1. The van der Waals surface area contributed by atoms with E-state index in [0.717, 1.165) is 12.5 Å². The average Bonchev–Trinajstić information content (AvgIpc) is 2.79. The number of carbonyl (C=O) groups excluding carboxylic acids is 1. The van der Waals surface area contributed by atoms with E-state index >= 15 is 0 Å². The van der Waals surface area contributed by atoms with E-state index in [1.807, 2.05) is 0 Å². The average molecular weight is 293 g/mol. The Bertz CT molecular complexity index is 400. The van der Waals surface area contributed by atoms with Crippen molar-refractivity contribution in [2.24, 2.45) is 16.7 Å². The van der Waals surface area contributed by atoms with Crippen molar-refractivity contribution < 1.29 is 9.69 Å². The fraction of sp³-hybridized carbons (Fsp3) is 0.944. The number of rotatable bonds is 4. The Balaban J connectivity index is 1.49. The molecule has 1 amide bonds. The van der Waals surface area contributed by atoms with Crippen LogP contribution in [0.4, 0.5) is 0 Å². The number of likely N-dealkylation sites (tertiary alicyclic amines) is 1. The Kier molecular flexibility index (Phi) is 4.06. The lowest BCUT2D eigenvalue weighted by Gasteiger charge is -2.39. The van der Waals surface area contributed by atoms with Crippen molar-refractivity contribution in [1.82, 2.24) is 5.32 Å². The number of amides is 1. The molecular formula is C18H33N2O+. The van der Waals surface area contributed by atoms with E-state index in [4.69, 9.17) is 0 Å². The van der Waals surface area contributed by atoms with Crippen molar-refractivity contribution in [2.45, 2.75) is 71.8 Å². The molecule has 0 radical (unpaired) electrons. The molecule has 0 unspecified atom stereocenters. The Labute approximate surface area is 129 Å². The molecule has 1 aliphatic heterocycles. The Hall–Kier alpha value is -0.570. The minimum Gasteiger partial charge on any atom is -0.353 e. The smallest absolute Gasteiger partial charge is 0.225 e. The molecule has 3 heteroatoms. The first-order chi connectivity index (χ1) is 9.93. The van der Waals surface area contributed by atoms with Crippen molar-refractivity contribution in [2.75, 3.05) is 19.6 Å². The summed E-state index contributed by atoms with van der Waals surface area (Å²) in [6.07, 6.45) is 8.62. The molecule has 3 aliphatic rings. The van der Waals surface area contributed by atoms with Gasteiger partial charge in [0.1, 0.15) is 0 Å². The summed E-state index contributed by atoms with van der Waals surface area (Å²) in [5.41, 5.74) is 0.703. The van der Waals surface area contributed by atoms with Crippen LogP contribution in [0.15, 0.2) is 0 Å². The molecule has 2 bridgehead atoms. The van der Waals surface area contributed by atoms with Gasteiger partial charge in [0.25, 0.3) is 0 Å². The van der Waals surface area contributed by atoms with Crippen LogP contribution in [0, 0.1) is 16.7 Å². The Morgan fingerprint density at radius 2 is 1.90 bits per heavy atom. The highest BCUT2D eigenvalue weighted by Crippen LogP contribution is 2.65. The van der Waals surface area contributed by atoms with Crippen molar-refractivity contribution in [3.05, 3.63) is 0 Å². The molecule has 1 saturated heterocycles. The van der Waals surface area contributed by atoms with E-state index in [1.54, 1.807) is 4.90 Å². The summed E-state index contributed by atoms with van der Waals surface area (Å²) in [6, 6.07) is 0.412. The minimum absolute atomic E-state index is 0.294. The zero-order valence-electron chi connectivity index (χ0n) is 14.1. The summed E-state index contributed by atoms with van der Waals surface area (Å²) in [5, 5.41) is 3.39. The van der Waals surface area contributed by atoms with Crippen LogP contribution in [0.5, 0.6) is 0 Å². The normalized spacial score (nSPS) is 38.6. The molecule has 3 nitrogen and oxygen atoms in total. The highest BCUT2D eigenvalue weighted by Gasteiger charge is 2.61. The van der Waals surface area contributed by atoms with Crippen LogP contribution in [0.3, 0.4) is 0 Å². The molecule has 0 aromatic rings. The largest absolute Gasteiger partial charge is 0.353 e. The first-order valence-corrected chi connectivity index (χ1v) is 9.06. The molecule has 120 valence electrons. The van der Waals surface area contributed by atoms with E-state index in [-0.39, 0.29) is 0 Å². The van der Waals surface area contributed by atoms with Crippen molar-refractivity contribution >= 4 is 5.91 Å². The molecule has 0 aromatic carbocycles. The number of piperidine rings is 1. The summed E-state index contributed by atoms with van der Waals surface area (Å²) in [7, 11) is 0. The highest BCUT2D eigenvalue weighted by molar-refractivity contribution is 5.76. The predicted octanol–water partition coefficient (Wildman–Crippen LogP) is 1.78. The standard InChI is InChI=1S/C18H32N2O/c1-17(2)14-7-9-18(17,3)15(13-14)19-16(21)8-12-20-10-5-4-6-11-20/h14-15H,4-13H2,1-3H3,(H,19,21)/p+1/t14-,15-,18-/m1/s1. The molecule has 0 aromatic heterocycles. The molecule has 2 N–H and O–H groups in total.